The Bertz CT molecular complexity index is 1200. The molecule has 33 heavy (non-hydrogen) atoms. The third-order valence-electron chi connectivity index (χ3n) is 5.70. The van der Waals surface area contributed by atoms with E-state index in [0.29, 0.717) is 23.4 Å². The zero-order valence-corrected chi connectivity index (χ0v) is 18.5. The van der Waals surface area contributed by atoms with Gasteiger partial charge >= 0.3 is 0 Å². The van der Waals surface area contributed by atoms with E-state index in [4.69, 9.17) is 0 Å². The van der Waals surface area contributed by atoms with Gasteiger partial charge in [0, 0.05) is 18.2 Å². The van der Waals surface area contributed by atoms with Crippen molar-refractivity contribution in [1.29, 1.82) is 0 Å². The Morgan fingerprint density at radius 1 is 1.00 bits per heavy atom. The van der Waals surface area contributed by atoms with Crippen LogP contribution in [0.4, 0.5) is 10.1 Å². The summed E-state index contributed by atoms with van der Waals surface area (Å²) in [6, 6.07) is 22.5. The van der Waals surface area contributed by atoms with Crippen LogP contribution in [0.25, 0.3) is 0 Å². The Morgan fingerprint density at radius 2 is 1.64 bits per heavy atom. The lowest BCUT2D eigenvalue weighted by atomic mass is 10.00. The molecule has 168 valence electrons. The van der Waals surface area contributed by atoms with Gasteiger partial charge in [-0.2, -0.15) is 0 Å². The maximum atomic E-state index is 14.7. The van der Waals surface area contributed by atoms with E-state index >= 15 is 0 Å². The van der Waals surface area contributed by atoms with Crippen LogP contribution in [0.2, 0.25) is 0 Å². The Labute approximate surface area is 192 Å². The Hall–Kier alpha value is -3.84. The highest BCUT2D eigenvalue weighted by Gasteiger charge is 2.32. The Balaban J connectivity index is 1.70. The van der Waals surface area contributed by atoms with Crippen molar-refractivity contribution in [2.45, 2.75) is 18.6 Å². The third kappa shape index (κ3) is 4.68. The number of fused-ring (bicyclic) bond motifs is 1. The summed E-state index contributed by atoms with van der Waals surface area (Å²) in [6.45, 7) is 0. The van der Waals surface area contributed by atoms with Gasteiger partial charge in [-0.05, 0) is 37.2 Å². The summed E-state index contributed by atoms with van der Waals surface area (Å²) in [5.74, 6) is -1.22. The number of carbonyl (C=O) groups excluding carboxylic acids is 2. The van der Waals surface area contributed by atoms with Gasteiger partial charge in [-0.25, -0.2) is 9.38 Å². The van der Waals surface area contributed by atoms with Crippen molar-refractivity contribution in [3.05, 3.63) is 101 Å². The lowest BCUT2D eigenvalue weighted by Crippen LogP contribution is -2.52. The summed E-state index contributed by atoms with van der Waals surface area (Å²) in [6.07, 6.45) is -0.750. The van der Waals surface area contributed by atoms with Gasteiger partial charge in [0.25, 0.3) is 5.91 Å². The predicted molar refractivity (Wildman–Crippen MR) is 127 cm³/mol. The Morgan fingerprint density at radius 3 is 2.33 bits per heavy atom. The normalized spacial score (nSPS) is 16.5. The third-order valence-corrected chi connectivity index (χ3v) is 5.70. The van der Waals surface area contributed by atoms with Crippen molar-refractivity contribution in [3.63, 3.8) is 0 Å². The van der Waals surface area contributed by atoms with Gasteiger partial charge in [-0.15, -0.1) is 0 Å². The highest BCUT2D eigenvalue weighted by Crippen LogP contribution is 2.28. The summed E-state index contributed by atoms with van der Waals surface area (Å²) < 4.78 is 14.7. The highest BCUT2D eigenvalue weighted by molar-refractivity contribution is 6.20. The van der Waals surface area contributed by atoms with Gasteiger partial charge in [0.15, 0.2) is 0 Å². The number of nitrogens with one attached hydrogen (secondary N) is 2. The minimum atomic E-state index is -1.20. The van der Waals surface area contributed by atoms with Crippen LogP contribution in [0.5, 0.6) is 0 Å². The molecule has 2 atom stereocenters. The summed E-state index contributed by atoms with van der Waals surface area (Å²) in [5, 5.41) is 5.77. The van der Waals surface area contributed by atoms with E-state index in [1.807, 2.05) is 36.4 Å². The minimum absolute atomic E-state index is 0.266. The van der Waals surface area contributed by atoms with Gasteiger partial charge in [0.05, 0.1) is 17.4 Å². The van der Waals surface area contributed by atoms with Crippen LogP contribution in [-0.2, 0) is 16.0 Å². The molecule has 7 heteroatoms. The molecule has 0 saturated carbocycles. The number of hydrogen-bond acceptors (Lipinski definition) is 4. The number of para-hydroxylation sites is 1. The molecule has 1 heterocycles. The molecule has 2 N–H and O–H groups in total. The van der Waals surface area contributed by atoms with Crippen molar-refractivity contribution >= 4 is 23.2 Å². The molecule has 0 bridgehead atoms. The first-order valence-corrected chi connectivity index (χ1v) is 10.7. The number of anilines is 1. The number of rotatable bonds is 6. The molecular formula is C26H25FN4O2. The molecule has 4 rings (SSSR count). The van der Waals surface area contributed by atoms with E-state index in [1.165, 1.54) is 11.0 Å². The number of halogens is 1. The molecule has 6 nitrogen and oxygen atoms in total. The molecule has 3 aromatic rings. The number of amides is 2. The molecule has 1 aliphatic rings. The van der Waals surface area contributed by atoms with Crippen LogP contribution in [-0.4, -0.2) is 43.8 Å². The highest BCUT2D eigenvalue weighted by atomic mass is 19.1. The quantitative estimate of drug-likeness (QED) is 0.614. The van der Waals surface area contributed by atoms with Crippen molar-refractivity contribution in [1.82, 2.24) is 10.6 Å². The molecular weight excluding hydrogens is 419 g/mol. The zero-order valence-electron chi connectivity index (χ0n) is 18.5. The fraction of sp³-hybridized carbons (Fsp3) is 0.192. The molecule has 0 aromatic heterocycles. The number of nitrogens with zero attached hydrogens (tertiary/aromatic N) is 2. The smallest absolute Gasteiger partial charge is 0.272 e. The second-order valence-corrected chi connectivity index (χ2v) is 7.81. The van der Waals surface area contributed by atoms with Crippen molar-refractivity contribution in [2.75, 3.05) is 19.0 Å². The Kier molecular flexibility index (Phi) is 6.60. The fourth-order valence-electron chi connectivity index (χ4n) is 3.90. The number of carbonyl (C=O) groups is 2. The molecule has 2 unspecified atom stereocenters. The first kappa shape index (κ1) is 22.4. The number of benzodiazepines with no additional fused rings is 1. The molecule has 0 radical (unpaired) electrons. The first-order valence-electron chi connectivity index (χ1n) is 10.7. The second kappa shape index (κ2) is 9.75. The second-order valence-electron chi connectivity index (χ2n) is 7.81. The average molecular weight is 445 g/mol. The SMILES string of the molecule is CNC(Cc1ccccc1)C(=O)NC1N=C(c2ccccc2F)c2ccccc2N(C)C1=O. The monoisotopic (exact) mass is 444 g/mol. The van der Waals surface area contributed by atoms with Crippen LogP contribution >= 0.6 is 0 Å². The van der Waals surface area contributed by atoms with E-state index in [-0.39, 0.29) is 11.5 Å². The van der Waals surface area contributed by atoms with Crippen molar-refractivity contribution in [3.8, 4) is 0 Å². The van der Waals surface area contributed by atoms with Gasteiger partial charge in [-0.1, -0.05) is 60.7 Å². The molecule has 0 fully saturated rings. The minimum Gasteiger partial charge on any atom is -0.325 e. The number of hydrogen-bond donors (Lipinski definition) is 2. The molecule has 1 aliphatic heterocycles. The van der Waals surface area contributed by atoms with E-state index in [1.54, 1.807) is 50.5 Å². The molecule has 0 aliphatic carbocycles. The summed E-state index contributed by atoms with van der Waals surface area (Å²) in [7, 11) is 3.32. The van der Waals surface area contributed by atoms with Gasteiger partial charge in [-0.3, -0.25) is 9.59 Å². The van der Waals surface area contributed by atoms with Crippen LogP contribution in [0.3, 0.4) is 0 Å². The van der Waals surface area contributed by atoms with Crippen molar-refractivity contribution in [2.24, 2.45) is 4.99 Å². The largest absolute Gasteiger partial charge is 0.325 e. The maximum Gasteiger partial charge on any atom is 0.272 e. The zero-order chi connectivity index (χ0) is 23.4. The average Bonchev–Trinajstić information content (AvgIpc) is 2.94. The summed E-state index contributed by atoms with van der Waals surface area (Å²) >= 11 is 0. The molecule has 2 amide bonds. The van der Waals surface area contributed by atoms with Crippen LogP contribution in [0.15, 0.2) is 83.9 Å². The number of benzene rings is 3. The molecule has 3 aromatic carbocycles. The lowest BCUT2D eigenvalue weighted by molar-refractivity contribution is -0.128. The fourth-order valence-corrected chi connectivity index (χ4v) is 3.90. The molecule has 0 saturated heterocycles. The van der Waals surface area contributed by atoms with Gasteiger partial charge in [0.1, 0.15) is 5.82 Å². The molecule has 0 spiro atoms. The van der Waals surface area contributed by atoms with E-state index < -0.39 is 23.9 Å². The van der Waals surface area contributed by atoms with E-state index in [0.717, 1.165) is 5.56 Å². The summed E-state index contributed by atoms with van der Waals surface area (Å²) in [5.41, 5.74) is 2.78. The summed E-state index contributed by atoms with van der Waals surface area (Å²) in [4.78, 5) is 32.4. The number of likely N-dealkylation sites (N-methyl/N-ethyl adjacent to an activating group) is 2. The predicted octanol–water partition coefficient (Wildman–Crippen LogP) is 2.91. The van der Waals surface area contributed by atoms with Crippen LogP contribution in [0.1, 0.15) is 16.7 Å². The van der Waals surface area contributed by atoms with E-state index in [2.05, 4.69) is 15.6 Å². The van der Waals surface area contributed by atoms with Gasteiger partial charge < -0.3 is 15.5 Å². The van der Waals surface area contributed by atoms with Gasteiger partial charge in [0.2, 0.25) is 12.1 Å². The standard InChI is InChI=1S/C26H25FN4O2/c1-28-21(16-17-10-4-3-5-11-17)25(32)30-24-26(33)31(2)22-15-9-7-13-19(22)23(29-24)18-12-6-8-14-20(18)27/h3-15,21,24,28H,16H2,1-2H3,(H,30,32). The van der Waals surface area contributed by atoms with E-state index in [9.17, 15) is 14.0 Å². The topological polar surface area (TPSA) is 73.8 Å². The number of aliphatic imine (C=N–C) groups is 1. The van der Waals surface area contributed by atoms with Crippen LogP contribution < -0.4 is 15.5 Å². The first-order chi connectivity index (χ1) is 16.0. The van der Waals surface area contributed by atoms with Crippen molar-refractivity contribution < 1.29 is 14.0 Å². The maximum absolute atomic E-state index is 14.7. The van der Waals surface area contributed by atoms with Crippen LogP contribution in [0, 0.1) is 5.82 Å². The lowest BCUT2D eigenvalue weighted by Gasteiger charge is -2.23.